The first-order chi connectivity index (χ1) is 11.4. The van der Waals surface area contributed by atoms with E-state index in [1.165, 1.54) is 0 Å². The van der Waals surface area contributed by atoms with Crippen LogP contribution in [0.15, 0.2) is 42.5 Å². The number of benzene rings is 1. The van der Waals surface area contributed by atoms with Crippen molar-refractivity contribution >= 4 is 5.91 Å². The normalized spacial score (nSPS) is 11.2. The minimum absolute atomic E-state index is 0.135. The molecule has 0 aliphatic heterocycles. The van der Waals surface area contributed by atoms with Gasteiger partial charge in [-0.1, -0.05) is 18.2 Å². The van der Waals surface area contributed by atoms with E-state index in [4.69, 9.17) is 9.47 Å². The minimum atomic E-state index is -0.433. The molecule has 2 rings (SSSR count). The fourth-order valence-electron chi connectivity index (χ4n) is 2.28. The summed E-state index contributed by atoms with van der Waals surface area (Å²) in [6, 6.07) is 12.9. The first kappa shape index (κ1) is 17.9. The van der Waals surface area contributed by atoms with Crippen LogP contribution < -0.4 is 10.1 Å². The average Bonchev–Trinajstić information content (AvgIpc) is 2.60. The summed E-state index contributed by atoms with van der Waals surface area (Å²) in [5, 5.41) is 3.00. The Kier molecular flexibility index (Phi) is 5.93. The van der Waals surface area contributed by atoms with E-state index < -0.39 is 5.54 Å². The van der Waals surface area contributed by atoms with Gasteiger partial charge >= 0.3 is 0 Å². The van der Waals surface area contributed by atoms with E-state index in [1.807, 2.05) is 51.1 Å². The maximum absolute atomic E-state index is 12.5. The van der Waals surface area contributed by atoms with Gasteiger partial charge in [0.2, 0.25) is 5.88 Å². The fourth-order valence-corrected chi connectivity index (χ4v) is 2.28. The van der Waals surface area contributed by atoms with Crippen molar-refractivity contribution in [3.05, 3.63) is 48.0 Å². The zero-order valence-corrected chi connectivity index (χ0v) is 14.6. The molecule has 0 saturated carbocycles. The lowest BCUT2D eigenvalue weighted by atomic mass is 10.0. The Labute approximate surface area is 143 Å². The monoisotopic (exact) mass is 328 g/mol. The quantitative estimate of drug-likeness (QED) is 0.847. The average molecular weight is 328 g/mol. The van der Waals surface area contributed by atoms with Gasteiger partial charge in [-0.05, 0) is 39.0 Å². The molecule has 0 fully saturated rings. The smallest absolute Gasteiger partial charge is 0.251 e. The Hall–Kier alpha value is -2.40. The van der Waals surface area contributed by atoms with Crippen LogP contribution in [0, 0.1) is 0 Å². The number of nitrogens with one attached hydrogen (secondary N) is 1. The van der Waals surface area contributed by atoms with E-state index in [1.54, 1.807) is 19.2 Å². The second-order valence-corrected chi connectivity index (χ2v) is 6.12. The molecule has 1 N–H and O–H groups in total. The first-order valence-corrected chi connectivity index (χ1v) is 7.97. The molecule has 0 saturated heterocycles. The van der Waals surface area contributed by atoms with Crippen molar-refractivity contribution in [3.63, 3.8) is 0 Å². The van der Waals surface area contributed by atoms with Gasteiger partial charge in [-0.2, -0.15) is 0 Å². The number of carbonyl (C=O) groups is 1. The molecule has 0 aliphatic rings. The molecule has 5 nitrogen and oxygen atoms in total. The number of pyridine rings is 1. The van der Waals surface area contributed by atoms with Gasteiger partial charge in [0.1, 0.15) is 0 Å². The van der Waals surface area contributed by atoms with E-state index in [-0.39, 0.29) is 5.91 Å². The number of methoxy groups -OCH3 is 1. The van der Waals surface area contributed by atoms with Crippen molar-refractivity contribution in [2.75, 3.05) is 20.3 Å². The van der Waals surface area contributed by atoms with Gasteiger partial charge in [0.05, 0.1) is 24.9 Å². The van der Waals surface area contributed by atoms with Crippen molar-refractivity contribution in [1.29, 1.82) is 0 Å². The summed E-state index contributed by atoms with van der Waals surface area (Å²) in [5.74, 6) is 0.407. The molecule has 0 aliphatic carbocycles. The Morgan fingerprint density at radius 2 is 1.96 bits per heavy atom. The second kappa shape index (κ2) is 7.93. The molecule has 5 heteroatoms. The summed E-state index contributed by atoms with van der Waals surface area (Å²) in [6.45, 7) is 6.90. The van der Waals surface area contributed by atoms with Crippen molar-refractivity contribution in [2.24, 2.45) is 0 Å². The predicted octanol–water partition coefficient (Wildman–Crippen LogP) is 3.30. The lowest BCUT2D eigenvalue weighted by molar-refractivity contribution is 0.0725. The lowest BCUT2D eigenvalue weighted by Crippen LogP contribution is -2.47. The maximum Gasteiger partial charge on any atom is 0.251 e. The van der Waals surface area contributed by atoms with E-state index >= 15 is 0 Å². The van der Waals surface area contributed by atoms with Crippen molar-refractivity contribution in [1.82, 2.24) is 10.3 Å². The number of ether oxygens (including phenoxy) is 2. The van der Waals surface area contributed by atoms with E-state index in [0.29, 0.717) is 24.7 Å². The van der Waals surface area contributed by atoms with E-state index in [0.717, 1.165) is 11.3 Å². The fraction of sp³-hybridized carbons (Fsp3) is 0.368. The summed E-state index contributed by atoms with van der Waals surface area (Å²) < 4.78 is 10.6. The van der Waals surface area contributed by atoms with Crippen LogP contribution in [-0.4, -0.2) is 36.8 Å². The van der Waals surface area contributed by atoms with Gasteiger partial charge in [0.15, 0.2) is 0 Å². The second-order valence-electron chi connectivity index (χ2n) is 6.12. The number of carbonyl (C=O) groups excluding carboxylic acids is 1. The van der Waals surface area contributed by atoms with Gasteiger partial charge in [-0.3, -0.25) is 4.79 Å². The maximum atomic E-state index is 12.5. The summed E-state index contributed by atoms with van der Waals surface area (Å²) in [5.41, 5.74) is 1.78. The van der Waals surface area contributed by atoms with Gasteiger partial charge in [-0.25, -0.2) is 4.98 Å². The Bertz CT molecular complexity index is 699. The highest BCUT2D eigenvalue weighted by Crippen LogP contribution is 2.21. The first-order valence-electron chi connectivity index (χ1n) is 7.97. The van der Waals surface area contributed by atoms with Crippen molar-refractivity contribution in [3.8, 4) is 17.1 Å². The third-order valence-electron chi connectivity index (χ3n) is 3.47. The Morgan fingerprint density at radius 1 is 1.21 bits per heavy atom. The molecular formula is C19H24N2O3. The van der Waals surface area contributed by atoms with Gasteiger partial charge in [0, 0.05) is 23.8 Å². The van der Waals surface area contributed by atoms with Crippen LogP contribution >= 0.6 is 0 Å². The van der Waals surface area contributed by atoms with E-state index in [9.17, 15) is 4.79 Å². The lowest BCUT2D eigenvalue weighted by Gasteiger charge is -2.26. The van der Waals surface area contributed by atoms with Crippen LogP contribution in [0.1, 0.15) is 31.1 Å². The largest absolute Gasteiger partial charge is 0.481 e. The van der Waals surface area contributed by atoms with Crippen LogP contribution in [0.4, 0.5) is 0 Å². The van der Waals surface area contributed by atoms with Crippen LogP contribution in [0.5, 0.6) is 5.88 Å². The zero-order valence-electron chi connectivity index (χ0n) is 14.6. The number of nitrogens with zero attached hydrogens (tertiary/aromatic N) is 1. The number of hydrogen-bond donors (Lipinski definition) is 1. The number of rotatable bonds is 7. The standard InChI is InChI=1S/C19H24N2O3/c1-5-24-13-19(2,3)21-18(22)15-9-6-8-14(12-15)16-10-7-11-17(20-16)23-4/h6-12H,5,13H2,1-4H3,(H,21,22). The molecule has 0 atom stereocenters. The highest BCUT2D eigenvalue weighted by Gasteiger charge is 2.21. The minimum Gasteiger partial charge on any atom is -0.481 e. The topological polar surface area (TPSA) is 60.5 Å². The van der Waals surface area contributed by atoms with Gasteiger partial charge in [0.25, 0.3) is 5.91 Å². The van der Waals surface area contributed by atoms with E-state index in [2.05, 4.69) is 10.3 Å². The summed E-state index contributed by atoms with van der Waals surface area (Å²) in [6.07, 6.45) is 0. The number of aromatic nitrogens is 1. The Balaban J connectivity index is 2.19. The highest BCUT2D eigenvalue weighted by molar-refractivity contribution is 5.95. The van der Waals surface area contributed by atoms with Crippen LogP contribution in [-0.2, 0) is 4.74 Å². The molecule has 1 amide bonds. The van der Waals surface area contributed by atoms with Crippen molar-refractivity contribution < 1.29 is 14.3 Å². The molecule has 1 heterocycles. The van der Waals surface area contributed by atoms with Crippen LogP contribution in [0.25, 0.3) is 11.3 Å². The van der Waals surface area contributed by atoms with Gasteiger partial charge in [-0.15, -0.1) is 0 Å². The molecule has 1 aromatic carbocycles. The molecule has 0 spiro atoms. The summed E-state index contributed by atoms with van der Waals surface area (Å²) in [4.78, 5) is 16.9. The number of amides is 1. The highest BCUT2D eigenvalue weighted by atomic mass is 16.5. The molecule has 0 unspecified atom stereocenters. The molecule has 1 aromatic heterocycles. The molecule has 0 bridgehead atoms. The number of hydrogen-bond acceptors (Lipinski definition) is 4. The predicted molar refractivity (Wildman–Crippen MR) is 94.3 cm³/mol. The molecule has 0 radical (unpaired) electrons. The molecule has 24 heavy (non-hydrogen) atoms. The molecular weight excluding hydrogens is 304 g/mol. The molecule has 128 valence electrons. The van der Waals surface area contributed by atoms with Crippen LogP contribution in [0.2, 0.25) is 0 Å². The summed E-state index contributed by atoms with van der Waals surface area (Å²) >= 11 is 0. The van der Waals surface area contributed by atoms with Gasteiger partial charge < -0.3 is 14.8 Å². The third-order valence-corrected chi connectivity index (χ3v) is 3.47. The third kappa shape index (κ3) is 4.80. The van der Waals surface area contributed by atoms with Crippen molar-refractivity contribution in [2.45, 2.75) is 26.3 Å². The Morgan fingerprint density at radius 3 is 2.67 bits per heavy atom. The van der Waals surface area contributed by atoms with Crippen LogP contribution in [0.3, 0.4) is 0 Å². The summed E-state index contributed by atoms with van der Waals surface area (Å²) in [7, 11) is 1.58. The molecule has 2 aromatic rings. The zero-order chi connectivity index (χ0) is 17.6. The SMILES string of the molecule is CCOCC(C)(C)NC(=O)c1cccc(-c2cccc(OC)n2)c1.